The first-order valence-electron chi connectivity index (χ1n) is 12.5. The van der Waals surface area contributed by atoms with Crippen molar-refractivity contribution in [3.05, 3.63) is 90.5 Å². The maximum Gasteiger partial charge on any atom is 0.187 e. The lowest BCUT2D eigenvalue weighted by Gasteiger charge is -2.20. The van der Waals surface area contributed by atoms with Crippen molar-refractivity contribution in [3.63, 3.8) is 0 Å². The van der Waals surface area contributed by atoms with Gasteiger partial charge in [0, 0.05) is 13.1 Å². The van der Waals surface area contributed by atoms with Gasteiger partial charge in [0.2, 0.25) is 0 Å². The minimum absolute atomic E-state index is 0.371. The summed E-state index contributed by atoms with van der Waals surface area (Å²) >= 11 is 0. The Balaban J connectivity index is 1.16. The first-order valence-corrected chi connectivity index (χ1v) is 13.9. The highest BCUT2D eigenvalue weighted by molar-refractivity contribution is 7.50. The quantitative estimate of drug-likeness (QED) is 0.161. The van der Waals surface area contributed by atoms with E-state index in [1.165, 1.54) is 22.8 Å². The molecular formula is C28H31N6O3P. The minimum atomic E-state index is -1.10. The van der Waals surface area contributed by atoms with Gasteiger partial charge >= 0.3 is 0 Å². The van der Waals surface area contributed by atoms with Gasteiger partial charge in [-0.15, -0.1) is 0 Å². The van der Waals surface area contributed by atoms with E-state index in [1.54, 1.807) is 6.33 Å². The molecule has 0 saturated carbocycles. The lowest BCUT2D eigenvalue weighted by Crippen LogP contribution is -2.20. The third-order valence-electron chi connectivity index (χ3n) is 6.10. The van der Waals surface area contributed by atoms with E-state index in [0.29, 0.717) is 56.2 Å². The molecule has 9 nitrogen and oxygen atoms in total. The standard InChI is InChI=1S/C28H31N6O3P/c1-21-6-2-3-9-24(21)17-35-14-12-33-38(37-25-11-10-22-7-4-5-8-23(22)16-25)20-36-15-13-34-19-32-26-27(29)30-18-31-28(26)34/h2-11,16,18-19,33H,12-15,17,20H2,1H3,(H2,29,30,31). The van der Waals surface area contributed by atoms with Gasteiger partial charge in [0.15, 0.2) is 19.8 Å². The molecule has 3 N–H and O–H groups in total. The molecule has 0 fully saturated rings. The fourth-order valence-electron chi connectivity index (χ4n) is 4.03. The number of aryl methyl sites for hydroxylation is 1. The second-order valence-corrected chi connectivity index (χ2v) is 10.3. The largest absolute Gasteiger partial charge is 0.456 e. The summed E-state index contributed by atoms with van der Waals surface area (Å²) in [6.45, 7) is 4.96. The third-order valence-corrected chi connectivity index (χ3v) is 7.53. The average molecular weight is 531 g/mol. The second kappa shape index (κ2) is 12.8. The number of hydrogen-bond donors (Lipinski definition) is 2. The molecule has 0 bridgehead atoms. The fourth-order valence-corrected chi connectivity index (χ4v) is 5.24. The molecule has 0 aliphatic heterocycles. The average Bonchev–Trinajstić information content (AvgIpc) is 3.36. The summed E-state index contributed by atoms with van der Waals surface area (Å²) in [6.07, 6.45) is 3.57. The van der Waals surface area contributed by atoms with Gasteiger partial charge in [0.05, 0.1) is 26.1 Å². The van der Waals surface area contributed by atoms with Gasteiger partial charge in [-0.05, 0) is 41.0 Å². The number of nitrogens with one attached hydrogen (secondary N) is 1. The molecule has 5 rings (SSSR count). The Labute approximate surface area is 222 Å². The van der Waals surface area contributed by atoms with Gasteiger partial charge in [-0.1, -0.05) is 54.6 Å². The summed E-state index contributed by atoms with van der Waals surface area (Å²) in [7, 11) is -1.10. The van der Waals surface area contributed by atoms with Crippen molar-refractivity contribution in [2.45, 2.75) is 20.1 Å². The van der Waals surface area contributed by atoms with Gasteiger partial charge in [-0.2, -0.15) is 0 Å². The molecule has 0 aliphatic carbocycles. The lowest BCUT2D eigenvalue weighted by atomic mass is 10.1. The predicted molar refractivity (Wildman–Crippen MR) is 151 cm³/mol. The van der Waals surface area contributed by atoms with Crippen LogP contribution in [-0.2, 0) is 22.6 Å². The van der Waals surface area contributed by atoms with E-state index in [9.17, 15) is 0 Å². The van der Waals surface area contributed by atoms with Crippen molar-refractivity contribution in [2.75, 3.05) is 31.8 Å². The normalized spacial score (nSPS) is 12.2. The topological polar surface area (TPSA) is 109 Å². The molecule has 2 aromatic heterocycles. The molecule has 0 aliphatic rings. The first-order chi connectivity index (χ1) is 18.7. The van der Waals surface area contributed by atoms with Crippen LogP contribution in [-0.4, -0.2) is 45.6 Å². The molecule has 10 heteroatoms. The van der Waals surface area contributed by atoms with Crippen molar-refractivity contribution < 1.29 is 14.0 Å². The molecule has 2 heterocycles. The number of benzene rings is 3. The first kappa shape index (κ1) is 26.0. The molecule has 0 spiro atoms. The number of fused-ring (bicyclic) bond motifs is 2. The van der Waals surface area contributed by atoms with Crippen molar-refractivity contribution in [3.8, 4) is 5.75 Å². The molecule has 1 unspecified atom stereocenters. The van der Waals surface area contributed by atoms with Crippen LogP contribution in [0.25, 0.3) is 21.9 Å². The van der Waals surface area contributed by atoms with E-state index < -0.39 is 8.30 Å². The highest BCUT2D eigenvalue weighted by atomic mass is 31.2. The number of hydrogen-bond acceptors (Lipinski definition) is 8. The van der Waals surface area contributed by atoms with Gasteiger partial charge in [0.1, 0.15) is 23.9 Å². The molecule has 3 aromatic carbocycles. The molecule has 0 amide bonds. The Bertz CT molecular complexity index is 1490. The summed E-state index contributed by atoms with van der Waals surface area (Å²) in [5, 5.41) is 5.80. The van der Waals surface area contributed by atoms with Crippen LogP contribution in [0.5, 0.6) is 5.75 Å². The Morgan fingerprint density at radius 1 is 0.921 bits per heavy atom. The summed E-state index contributed by atoms with van der Waals surface area (Å²) in [5.41, 5.74) is 9.61. The zero-order valence-corrected chi connectivity index (χ0v) is 22.2. The van der Waals surface area contributed by atoms with Crippen LogP contribution in [0.3, 0.4) is 0 Å². The summed E-state index contributed by atoms with van der Waals surface area (Å²) in [4.78, 5) is 12.6. The van der Waals surface area contributed by atoms with Crippen molar-refractivity contribution >= 4 is 36.1 Å². The smallest absolute Gasteiger partial charge is 0.187 e. The summed E-state index contributed by atoms with van der Waals surface area (Å²) in [6, 6.07) is 22.6. The Kier molecular flexibility index (Phi) is 8.73. The highest BCUT2D eigenvalue weighted by Crippen LogP contribution is 2.35. The van der Waals surface area contributed by atoms with E-state index in [0.717, 1.165) is 11.1 Å². The van der Waals surface area contributed by atoms with Gasteiger partial charge in [-0.3, -0.25) is 5.09 Å². The van der Waals surface area contributed by atoms with Gasteiger partial charge in [0.25, 0.3) is 0 Å². The SMILES string of the molecule is Cc1ccccc1COCCNP(COCCn1cnc2c(N)ncnc21)Oc1ccc2ccccc2c1. The van der Waals surface area contributed by atoms with E-state index >= 15 is 0 Å². The Morgan fingerprint density at radius 2 is 1.76 bits per heavy atom. The number of imidazole rings is 1. The zero-order valence-electron chi connectivity index (χ0n) is 21.3. The molecule has 196 valence electrons. The number of anilines is 1. The van der Waals surface area contributed by atoms with E-state index in [1.807, 2.05) is 34.9 Å². The summed E-state index contributed by atoms with van der Waals surface area (Å²) < 4.78 is 20.2. The fraction of sp³-hybridized carbons (Fsp3) is 0.250. The Hall–Kier alpha value is -3.62. The van der Waals surface area contributed by atoms with Crippen LogP contribution >= 0.6 is 8.30 Å². The molecular weight excluding hydrogens is 499 g/mol. The van der Waals surface area contributed by atoms with Crippen LogP contribution in [0, 0.1) is 6.92 Å². The number of rotatable bonds is 13. The number of aromatic nitrogens is 4. The predicted octanol–water partition coefficient (Wildman–Crippen LogP) is 5.04. The number of ether oxygens (including phenoxy) is 2. The van der Waals surface area contributed by atoms with Crippen molar-refractivity contribution in [1.29, 1.82) is 0 Å². The molecule has 0 saturated heterocycles. The highest BCUT2D eigenvalue weighted by Gasteiger charge is 2.13. The van der Waals surface area contributed by atoms with Gasteiger partial charge in [-0.25, -0.2) is 15.0 Å². The minimum Gasteiger partial charge on any atom is -0.456 e. The van der Waals surface area contributed by atoms with Gasteiger partial charge < -0.3 is 24.3 Å². The second-order valence-electron chi connectivity index (χ2n) is 8.77. The number of nitrogens with two attached hydrogens (primary N) is 1. The third kappa shape index (κ3) is 6.62. The lowest BCUT2D eigenvalue weighted by molar-refractivity contribution is 0.125. The van der Waals surface area contributed by atoms with Crippen LogP contribution in [0.15, 0.2) is 79.4 Å². The van der Waals surface area contributed by atoms with Crippen LogP contribution in [0.4, 0.5) is 5.82 Å². The van der Waals surface area contributed by atoms with Crippen LogP contribution in [0.2, 0.25) is 0 Å². The molecule has 5 aromatic rings. The van der Waals surface area contributed by atoms with Crippen molar-refractivity contribution in [2.24, 2.45) is 0 Å². The van der Waals surface area contributed by atoms with E-state index in [2.05, 4.69) is 63.4 Å². The molecule has 0 radical (unpaired) electrons. The van der Waals surface area contributed by atoms with Crippen LogP contribution < -0.4 is 15.3 Å². The Morgan fingerprint density at radius 3 is 2.66 bits per heavy atom. The maximum absolute atomic E-state index is 6.35. The molecule has 38 heavy (non-hydrogen) atoms. The maximum atomic E-state index is 6.35. The van der Waals surface area contributed by atoms with E-state index in [4.69, 9.17) is 19.7 Å². The number of nitrogens with zero attached hydrogens (tertiary/aromatic N) is 4. The monoisotopic (exact) mass is 530 g/mol. The zero-order chi connectivity index (χ0) is 26.2. The van der Waals surface area contributed by atoms with E-state index in [-0.39, 0.29) is 0 Å². The number of nitrogen functional groups attached to an aromatic ring is 1. The van der Waals surface area contributed by atoms with Crippen molar-refractivity contribution in [1.82, 2.24) is 24.6 Å². The van der Waals surface area contributed by atoms with Crippen LogP contribution in [0.1, 0.15) is 11.1 Å². The summed E-state index contributed by atoms with van der Waals surface area (Å²) in [5.74, 6) is 1.18. The molecule has 1 atom stereocenters.